The summed E-state index contributed by atoms with van der Waals surface area (Å²) in [6.45, 7) is 0.0877. The Bertz CT molecular complexity index is 2010. The molecule has 14 nitrogen and oxygen atoms in total. The van der Waals surface area contributed by atoms with Crippen molar-refractivity contribution < 1.29 is 48.9 Å². The summed E-state index contributed by atoms with van der Waals surface area (Å²) in [7, 11) is 0. The number of nitrogens with one attached hydrogen (secondary N) is 2. The van der Waals surface area contributed by atoms with Crippen LogP contribution in [-0.2, 0) is 40.0 Å². The summed E-state index contributed by atoms with van der Waals surface area (Å²) in [5.74, 6) is -12.0. The molecule has 1 heterocycles. The van der Waals surface area contributed by atoms with Crippen LogP contribution in [0.4, 0.5) is 0 Å². The van der Waals surface area contributed by atoms with E-state index in [1.54, 1.807) is 12.2 Å². The van der Waals surface area contributed by atoms with E-state index in [1.165, 1.54) is 24.3 Å². The van der Waals surface area contributed by atoms with Gasteiger partial charge in [0, 0.05) is 12.5 Å². The van der Waals surface area contributed by atoms with E-state index in [0.29, 0.717) is 31.2 Å². The highest BCUT2D eigenvalue weighted by Crippen LogP contribution is 2.35. The molecule has 0 aromatic heterocycles. The number of carboxylic acid groups (broad SMARTS) is 3. The largest absolute Gasteiger partial charge is 0.481 e. The molecule has 1 unspecified atom stereocenters. The van der Waals surface area contributed by atoms with Crippen molar-refractivity contribution >= 4 is 58.0 Å². The molecule has 55 heavy (non-hydrogen) atoms. The van der Waals surface area contributed by atoms with Gasteiger partial charge in [0.2, 0.25) is 11.8 Å². The standard InChI is InChI=1S/C41H44N4O10/c42-33(46)22-32-37(50)43-23-24(20-28-11-7-10-25-9-2-3-12-29(25)28)8-6-13-30(26-14-16-27(17-15-26)35(38(51)52)39(53)54)31(21-34(47)48)36(49)45-41(40(55)44-32)18-4-1-5-19-41/h2-3,6-7,9-17,24,30-31,35H,1,4-5,8,18-23H2,(H2,42,46)(H,43,50)(H,45,49)(H,47,48)(H,51,52)(H,53,54)/b13-6+,44-32?/t24-,30+,31?/m0/s1. The van der Waals surface area contributed by atoms with E-state index in [9.17, 15) is 48.9 Å². The molecule has 2 aliphatic rings. The molecule has 0 saturated heterocycles. The number of carbonyl (C=O) groups excluding carboxylic acids is 4. The molecule has 1 fully saturated rings. The molecular formula is C41H44N4O10. The third-order valence-electron chi connectivity index (χ3n) is 10.4. The Labute approximate surface area is 316 Å². The Morgan fingerprint density at radius 3 is 2.20 bits per heavy atom. The van der Waals surface area contributed by atoms with Crippen LogP contribution in [0.2, 0.25) is 0 Å². The highest BCUT2D eigenvalue weighted by Gasteiger charge is 2.44. The summed E-state index contributed by atoms with van der Waals surface area (Å²) in [5, 5.41) is 36.8. The number of amides is 4. The number of fused-ring (bicyclic) bond motifs is 1. The smallest absolute Gasteiger partial charge is 0.322 e. The minimum absolute atomic E-state index is 0.0219. The van der Waals surface area contributed by atoms with Crippen LogP contribution >= 0.6 is 0 Å². The number of carboxylic acids is 3. The number of carbonyl (C=O) groups is 7. The predicted molar refractivity (Wildman–Crippen MR) is 201 cm³/mol. The fourth-order valence-electron chi connectivity index (χ4n) is 7.57. The van der Waals surface area contributed by atoms with Gasteiger partial charge < -0.3 is 31.7 Å². The van der Waals surface area contributed by atoms with E-state index >= 15 is 0 Å². The lowest BCUT2D eigenvalue weighted by Crippen LogP contribution is -2.57. The number of aliphatic imine (C=N–C) groups is 1. The van der Waals surface area contributed by atoms with Crippen molar-refractivity contribution in [2.75, 3.05) is 6.54 Å². The highest BCUT2D eigenvalue weighted by molar-refractivity contribution is 6.43. The number of nitrogens with two attached hydrogens (primary N) is 1. The van der Waals surface area contributed by atoms with Gasteiger partial charge in [0.1, 0.15) is 11.3 Å². The summed E-state index contributed by atoms with van der Waals surface area (Å²) in [6, 6.07) is 19.3. The Morgan fingerprint density at radius 2 is 1.55 bits per heavy atom. The maximum Gasteiger partial charge on any atom is 0.322 e. The van der Waals surface area contributed by atoms with Gasteiger partial charge in [-0.1, -0.05) is 98.1 Å². The molecule has 4 amide bonds. The zero-order valence-corrected chi connectivity index (χ0v) is 30.1. The number of aliphatic carboxylic acids is 3. The minimum Gasteiger partial charge on any atom is -0.481 e. The van der Waals surface area contributed by atoms with Crippen LogP contribution in [0.25, 0.3) is 10.8 Å². The van der Waals surface area contributed by atoms with Crippen molar-refractivity contribution in [2.24, 2.45) is 22.6 Å². The molecule has 3 aromatic rings. The highest BCUT2D eigenvalue weighted by atomic mass is 16.4. The lowest BCUT2D eigenvalue weighted by molar-refractivity contribution is -0.150. The molecule has 288 valence electrons. The van der Waals surface area contributed by atoms with Gasteiger partial charge in [-0.05, 0) is 59.1 Å². The second kappa shape index (κ2) is 17.8. The molecule has 5 rings (SSSR count). The number of benzene rings is 3. The Balaban J connectivity index is 1.63. The van der Waals surface area contributed by atoms with E-state index in [0.717, 1.165) is 22.8 Å². The van der Waals surface area contributed by atoms with Crippen LogP contribution < -0.4 is 16.4 Å². The molecule has 3 atom stereocenters. The molecule has 7 N–H and O–H groups in total. The first-order valence-electron chi connectivity index (χ1n) is 18.2. The Morgan fingerprint density at radius 1 is 0.873 bits per heavy atom. The molecule has 1 aliphatic carbocycles. The average molecular weight is 753 g/mol. The average Bonchev–Trinajstić information content (AvgIpc) is 3.14. The fourth-order valence-corrected chi connectivity index (χ4v) is 7.57. The fraction of sp³-hybridized carbons (Fsp3) is 0.366. The second-order valence-electron chi connectivity index (χ2n) is 14.2. The van der Waals surface area contributed by atoms with Crippen LogP contribution in [0.3, 0.4) is 0 Å². The van der Waals surface area contributed by atoms with Gasteiger partial charge in [-0.2, -0.15) is 0 Å². The molecule has 1 saturated carbocycles. The van der Waals surface area contributed by atoms with Crippen LogP contribution in [0.15, 0.2) is 83.9 Å². The monoisotopic (exact) mass is 752 g/mol. The van der Waals surface area contributed by atoms with E-state index in [-0.39, 0.29) is 30.9 Å². The molecule has 1 aliphatic heterocycles. The zero-order valence-electron chi connectivity index (χ0n) is 30.1. The van der Waals surface area contributed by atoms with E-state index in [1.807, 2.05) is 42.5 Å². The molecule has 0 bridgehead atoms. The van der Waals surface area contributed by atoms with Crippen molar-refractivity contribution in [3.8, 4) is 0 Å². The topological polar surface area (TPSA) is 243 Å². The first-order chi connectivity index (χ1) is 26.3. The van der Waals surface area contributed by atoms with Gasteiger partial charge in [-0.15, -0.1) is 0 Å². The lowest BCUT2D eigenvalue weighted by atomic mass is 9.78. The first kappa shape index (κ1) is 40.0. The third-order valence-corrected chi connectivity index (χ3v) is 10.4. The van der Waals surface area contributed by atoms with Gasteiger partial charge in [0.05, 0.1) is 18.8 Å². The second-order valence-corrected chi connectivity index (χ2v) is 14.2. The van der Waals surface area contributed by atoms with Gasteiger partial charge in [0.25, 0.3) is 11.8 Å². The SMILES string of the molecule is NC(=O)CC1=NC(=O)C2(CCCCC2)NC(=O)C(CC(=O)O)[C@@H](c2ccc(C(C(=O)O)C(=O)O)cc2)/C=C/C[C@@H](Cc2cccc3ccccc23)CNC1=O. The van der Waals surface area contributed by atoms with Crippen molar-refractivity contribution in [1.82, 2.24) is 10.6 Å². The summed E-state index contributed by atoms with van der Waals surface area (Å²) in [6.07, 6.45) is 5.11. The summed E-state index contributed by atoms with van der Waals surface area (Å²) < 4.78 is 0. The van der Waals surface area contributed by atoms with Crippen LogP contribution in [0, 0.1) is 11.8 Å². The number of hydrogen-bond donors (Lipinski definition) is 6. The first-order valence-corrected chi connectivity index (χ1v) is 18.2. The van der Waals surface area contributed by atoms with Crippen molar-refractivity contribution in [2.45, 2.75) is 75.2 Å². The van der Waals surface area contributed by atoms with Crippen LogP contribution in [0.1, 0.15) is 79.9 Å². The van der Waals surface area contributed by atoms with Gasteiger partial charge in [0.15, 0.2) is 5.92 Å². The van der Waals surface area contributed by atoms with Crippen molar-refractivity contribution in [3.05, 3.63) is 95.6 Å². The number of nitrogens with zero attached hydrogens (tertiary/aromatic N) is 1. The Kier molecular flexibility index (Phi) is 12.9. The summed E-state index contributed by atoms with van der Waals surface area (Å²) in [4.78, 5) is 94.1. The number of primary amides is 1. The van der Waals surface area contributed by atoms with E-state index < -0.39 is 83.4 Å². The molecule has 3 aromatic carbocycles. The number of allylic oxidation sites excluding steroid dienone is 2. The van der Waals surface area contributed by atoms with Crippen molar-refractivity contribution in [3.63, 3.8) is 0 Å². The molecule has 0 radical (unpaired) electrons. The minimum atomic E-state index is -1.85. The summed E-state index contributed by atoms with van der Waals surface area (Å²) >= 11 is 0. The number of rotatable bonds is 10. The third kappa shape index (κ3) is 9.88. The Hall–Kier alpha value is -6.18. The zero-order chi connectivity index (χ0) is 39.7. The maximum atomic E-state index is 14.4. The van der Waals surface area contributed by atoms with Crippen LogP contribution in [0.5, 0.6) is 0 Å². The molecule has 14 heteroatoms. The van der Waals surface area contributed by atoms with Gasteiger partial charge in [-0.25, -0.2) is 4.99 Å². The summed E-state index contributed by atoms with van der Waals surface area (Å²) in [5.41, 5.74) is 4.86. The van der Waals surface area contributed by atoms with Gasteiger partial charge >= 0.3 is 17.9 Å². The lowest BCUT2D eigenvalue weighted by Gasteiger charge is -2.37. The quantitative estimate of drug-likeness (QED) is 0.129. The maximum absolute atomic E-state index is 14.4. The molecule has 1 spiro atoms. The number of hydrogen-bond acceptors (Lipinski definition) is 7. The van der Waals surface area contributed by atoms with E-state index in [2.05, 4.69) is 15.6 Å². The molecular weight excluding hydrogens is 708 g/mol. The van der Waals surface area contributed by atoms with Crippen LogP contribution in [-0.4, -0.2) is 74.7 Å². The predicted octanol–water partition coefficient (Wildman–Crippen LogP) is 3.86. The van der Waals surface area contributed by atoms with Gasteiger partial charge in [-0.3, -0.25) is 33.6 Å². The van der Waals surface area contributed by atoms with E-state index in [4.69, 9.17) is 5.73 Å². The normalized spacial score (nSPS) is 21.4. The van der Waals surface area contributed by atoms with Crippen molar-refractivity contribution in [1.29, 1.82) is 0 Å².